The molecule has 0 radical (unpaired) electrons. The van der Waals surface area contributed by atoms with E-state index in [4.69, 9.17) is 9.47 Å². The molecule has 0 saturated carbocycles. The first-order valence-corrected chi connectivity index (χ1v) is 6.60. The number of carbonyl (C=O) groups excluding carboxylic acids is 2. The van der Waals surface area contributed by atoms with Gasteiger partial charge in [0.05, 0.1) is 19.1 Å². The normalized spacial score (nSPS) is 13.1. The minimum Gasteiger partial charge on any atom is -0.466 e. The van der Waals surface area contributed by atoms with Crippen LogP contribution in [0.4, 0.5) is 4.79 Å². The Morgan fingerprint density at radius 2 is 1.89 bits per heavy atom. The highest BCUT2D eigenvalue weighted by molar-refractivity contribution is 5.71. The fraction of sp³-hybridized carbons (Fsp3) is 0.714. The Hall–Kier alpha value is -1.52. The second kappa shape index (κ2) is 8.56. The monoisotopic (exact) mass is 271 g/mol. The summed E-state index contributed by atoms with van der Waals surface area (Å²) < 4.78 is 9.96. The van der Waals surface area contributed by atoms with Crippen LogP contribution in [0.2, 0.25) is 0 Å². The lowest BCUT2D eigenvalue weighted by Gasteiger charge is -2.21. The lowest BCUT2D eigenvalue weighted by Crippen LogP contribution is -2.37. The maximum absolute atomic E-state index is 11.6. The fourth-order valence-electron chi connectivity index (χ4n) is 1.29. The van der Waals surface area contributed by atoms with Crippen molar-refractivity contribution in [2.45, 2.75) is 59.1 Å². The predicted octanol–water partition coefficient (Wildman–Crippen LogP) is 2.80. The van der Waals surface area contributed by atoms with Gasteiger partial charge >= 0.3 is 12.1 Å². The largest absolute Gasteiger partial charge is 0.466 e. The van der Waals surface area contributed by atoms with Crippen molar-refractivity contribution in [3.05, 3.63) is 12.2 Å². The Kier molecular flexibility index (Phi) is 7.87. The van der Waals surface area contributed by atoms with Gasteiger partial charge in [-0.2, -0.15) is 0 Å². The average Bonchev–Trinajstić information content (AvgIpc) is 2.25. The third-order valence-electron chi connectivity index (χ3n) is 2.10. The molecule has 0 aliphatic carbocycles. The molecule has 1 atom stereocenters. The van der Waals surface area contributed by atoms with Crippen LogP contribution in [-0.2, 0) is 14.3 Å². The minimum absolute atomic E-state index is 0.149. The topological polar surface area (TPSA) is 64.6 Å². The zero-order chi connectivity index (χ0) is 14.9. The van der Waals surface area contributed by atoms with Crippen LogP contribution >= 0.6 is 0 Å². The second-order valence-electron chi connectivity index (χ2n) is 5.10. The van der Waals surface area contributed by atoms with E-state index in [-0.39, 0.29) is 18.4 Å². The third kappa shape index (κ3) is 10.1. The average molecular weight is 271 g/mol. The highest BCUT2D eigenvalue weighted by Crippen LogP contribution is 2.07. The van der Waals surface area contributed by atoms with E-state index in [1.165, 1.54) is 0 Å². The van der Waals surface area contributed by atoms with Crippen LogP contribution in [0.15, 0.2) is 12.2 Å². The number of alkyl carbamates (subject to hydrolysis) is 1. The van der Waals surface area contributed by atoms with E-state index in [1.807, 2.05) is 27.7 Å². The molecule has 110 valence electrons. The summed E-state index contributed by atoms with van der Waals surface area (Å²) in [5.41, 5.74) is -0.517. The van der Waals surface area contributed by atoms with Crippen molar-refractivity contribution < 1.29 is 19.1 Å². The molecule has 1 N–H and O–H groups in total. The highest BCUT2D eigenvalue weighted by Gasteiger charge is 2.17. The molecule has 0 aromatic heterocycles. The zero-order valence-electron chi connectivity index (χ0n) is 12.5. The van der Waals surface area contributed by atoms with E-state index in [0.717, 1.165) is 6.42 Å². The lowest BCUT2D eigenvalue weighted by molar-refractivity contribution is -0.142. The van der Waals surface area contributed by atoms with Gasteiger partial charge < -0.3 is 14.8 Å². The summed E-state index contributed by atoms with van der Waals surface area (Å²) in [6.07, 6.45) is 3.95. The van der Waals surface area contributed by atoms with Gasteiger partial charge in [0.15, 0.2) is 0 Å². The molecule has 5 heteroatoms. The summed E-state index contributed by atoms with van der Waals surface area (Å²) in [5.74, 6) is -0.272. The number of amides is 1. The second-order valence-corrected chi connectivity index (χ2v) is 5.10. The molecule has 5 nitrogen and oxygen atoms in total. The van der Waals surface area contributed by atoms with E-state index in [9.17, 15) is 9.59 Å². The van der Waals surface area contributed by atoms with Gasteiger partial charge in [-0.1, -0.05) is 19.1 Å². The Labute approximate surface area is 115 Å². The summed E-state index contributed by atoms with van der Waals surface area (Å²) in [7, 11) is 0. The van der Waals surface area contributed by atoms with E-state index in [1.54, 1.807) is 19.1 Å². The van der Waals surface area contributed by atoms with Crippen LogP contribution in [0.5, 0.6) is 0 Å². The van der Waals surface area contributed by atoms with Crippen molar-refractivity contribution >= 4 is 12.1 Å². The third-order valence-corrected chi connectivity index (χ3v) is 2.10. The van der Waals surface area contributed by atoms with Gasteiger partial charge in [0, 0.05) is 0 Å². The van der Waals surface area contributed by atoms with Gasteiger partial charge in [0.2, 0.25) is 0 Å². The van der Waals surface area contributed by atoms with Gasteiger partial charge in [-0.3, -0.25) is 4.79 Å². The van der Waals surface area contributed by atoms with E-state index in [2.05, 4.69) is 5.32 Å². The van der Waals surface area contributed by atoms with E-state index < -0.39 is 11.7 Å². The van der Waals surface area contributed by atoms with Crippen LogP contribution in [-0.4, -0.2) is 30.3 Å². The summed E-state index contributed by atoms with van der Waals surface area (Å²) in [5, 5.41) is 2.73. The molecule has 0 saturated heterocycles. The quantitative estimate of drug-likeness (QED) is 0.596. The molecule has 1 unspecified atom stereocenters. The van der Waals surface area contributed by atoms with Gasteiger partial charge in [-0.15, -0.1) is 0 Å². The Balaban J connectivity index is 4.17. The van der Waals surface area contributed by atoms with Gasteiger partial charge in [0.1, 0.15) is 5.60 Å². The molecule has 0 aliphatic rings. The molecular weight excluding hydrogens is 246 g/mol. The molecule has 0 heterocycles. The summed E-state index contributed by atoms with van der Waals surface area (Å²) in [6.45, 7) is 9.51. The Morgan fingerprint density at radius 3 is 2.37 bits per heavy atom. The van der Waals surface area contributed by atoms with Crippen LogP contribution in [0.3, 0.4) is 0 Å². The van der Waals surface area contributed by atoms with Crippen molar-refractivity contribution in [3.63, 3.8) is 0 Å². The molecule has 0 rings (SSSR count). The maximum atomic E-state index is 11.6. The first kappa shape index (κ1) is 17.5. The Morgan fingerprint density at radius 1 is 1.26 bits per heavy atom. The number of esters is 1. The maximum Gasteiger partial charge on any atom is 0.408 e. The Bertz CT molecular complexity index is 318. The van der Waals surface area contributed by atoms with Gasteiger partial charge in [-0.25, -0.2) is 4.79 Å². The van der Waals surface area contributed by atoms with Gasteiger partial charge in [-0.05, 0) is 34.1 Å². The molecule has 0 spiro atoms. The van der Waals surface area contributed by atoms with Crippen molar-refractivity contribution in [2.24, 2.45) is 0 Å². The van der Waals surface area contributed by atoms with Crippen molar-refractivity contribution in [3.8, 4) is 0 Å². The minimum atomic E-state index is -0.517. The van der Waals surface area contributed by atoms with Crippen LogP contribution in [0, 0.1) is 0 Å². The number of ether oxygens (including phenoxy) is 2. The summed E-state index contributed by atoms with van der Waals surface area (Å²) in [4.78, 5) is 22.7. The molecular formula is C14H25NO4. The van der Waals surface area contributed by atoms with Crippen molar-refractivity contribution in [2.75, 3.05) is 6.61 Å². The smallest absolute Gasteiger partial charge is 0.408 e. The summed E-state index contributed by atoms with van der Waals surface area (Å²) in [6, 6.07) is -0.149. The van der Waals surface area contributed by atoms with Crippen molar-refractivity contribution in [1.82, 2.24) is 5.32 Å². The first-order valence-electron chi connectivity index (χ1n) is 6.60. The van der Waals surface area contributed by atoms with Crippen LogP contribution in [0.1, 0.15) is 47.5 Å². The highest BCUT2D eigenvalue weighted by atomic mass is 16.6. The molecule has 0 bridgehead atoms. The number of hydrogen-bond donors (Lipinski definition) is 1. The van der Waals surface area contributed by atoms with Crippen LogP contribution < -0.4 is 5.32 Å². The zero-order valence-corrected chi connectivity index (χ0v) is 12.5. The lowest BCUT2D eigenvalue weighted by atomic mass is 10.2. The fourth-order valence-corrected chi connectivity index (χ4v) is 1.29. The van der Waals surface area contributed by atoms with E-state index in [0.29, 0.717) is 6.61 Å². The SMILES string of the molecule is CCOC(=O)CC=CC(CC)NC(=O)OC(C)(C)C. The summed E-state index contributed by atoms with van der Waals surface area (Å²) >= 11 is 0. The first-order chi connectivity index (χ1) is 8.78. The molecule has 1 amide bonds. The number of carbonyl (C=O) groups is 2. The van der Waals surface area contributed by atoms with E-state index >= 15 is 0 Å². The predicted molar refractivity (Wildman–Crippen MR) is 73.8 cm³/mol. The molecule has 0 fully saturated rings. The molecule has 0 aromatic carbocycles. The molecule has 19 heavy (non-hydrogen) atoms. The number of hydrogen-bond acceptors (Lipinski definition) is 4. The number of nitrogens with one attached hydrogen (secondary N) is 1. The molecule has 0 aromatic rings. The number of rotatable bonds is 6. The van der Waals surface area contributed by atoms with Crippen LogP contribution in [0.25, 0.3) is 0 Å². The molecule has 0 aliphatic heterocycles. The van der Waals surface area contributed by atoms with Gasteiger partial charge in [0.25, 0.3) is 0 Å². The standard InChI is InChI=1S/C14H25NO4/c1-6-11(9-8-10-12(16)18-7-2)15-13(17)19-14(3,4)5/h8-9,11H,6-7,10H2,1-5H3,(H,15,17). The van der Waals surface area contributed by atoms with Crippen molar-refractivity contribution in [1.29, 1.82) is 0 Å².